The molecule has 0 aliphatic carbocycles. The number of aliphatic hydroxyl groups excluding tert-OH is 1. The SMILES string of the molecule is CC(O)CC(=O)CCCCC=O. The van der Waals surface area contributed by atoms with Crippen LogP contribution in [-0.2, 0) is 9.59 Å². The van der Waals surface area contributed by atoms with Gasteiger partial charge < -0.3 is 9.90 Å². The number of hydrogen-bond acceptors (Lipinski definition) is 3. The first-order valence-corrected chi connectivity index (χ1v) is 4.30. The van der Waals surface area contributed by atoms with E-state index >= 15 is 0 Å². The van der Waals surface area contributed by atoms with Gasteiger partial charge in [0.15, 0.2) is 0 Å². The number of unbranched alkanes of at least 4 members (excludes halogenated alkanes) is 2. The Morgan fingerprint density at radius 1 is 1.50 bits per heavy atom. The molecule has 0 radical (unpaired) electrons. The summed E-state index contributed by atoms with van der Waals surface area (Å²) in [6.07, 6.45) is 3.10. The average molecular weight is 172 g/mol. The molecule has 0 fully saturated rings. The highest BCUT2D eigenvalue weighted by Crippen LogP contribution is 2.02. The molecule has 1 N–H and O–H groups in total. The van der Waals surface area contributed by atoms with Gasteiger partial charge >= 0.3 is 0 Å². The minimum Gasteiger partial charge on any atom is -0.393 e. The van der Waals surface area contributed by atoms with Crippen molar-refractivity contribution in [1.82, 2.24) is 0 Å². The average Bonchev–Trinajstić information content (AvgIpc) is 1.97. The monoisotopic (exact) mass is 172 g/mol. The van der Waals surface area contributed by atoms with Gasteiger partial charge in [0.1, 0.15) is 12.1 Å². The van der Waals surface area contributed by atoms with Gasteiger partial charge in [0.2, 0.25) is 0 Å². The Morgan fingerprint density at radius 3 is 2.67 bits per heavy atom. The van der Waals surface area contributed by atoms with Gasteiger partial charge in [0.05, 0.1) is 6.10 Å². The minimum absolute atomic E-state index is 0.0795. The van der Waals surface area contributed by atoms with Crippen molar-refractivity contribution in [3.8, 4) is 0 Å². The maximum Gasteiger partial charge on any atom is 0.135 e. The van der Waals surface area contributed by atoms with Crippen molar-refractivity contribution in [2.75, 3.05) is 0 Å². The van der Waals surface area contributed by atoms with Gasteiger partial charge in [-0.2, -0.15) is 0 Å². The molecule has 3 heteroatoms. The predicted molar refractivity (Wildman–Crippen MR) is 45.8 cm³/mol. The molecule has 0 aromatic carbocycles. The van der Waals surface area contributed by atoms with E-state index in [0.717, 1.165) is 19.1 Å². The standard InChI is InChI=1S/C9H16O3/c1-8(11)7-9(12)5-3-2-4-6-10/h6,8,11H,2-5,7H2,1H3. The summed E-state index contributed by atoms with van der Waals surface area (Å²) in [5.74, 6) is 0.0795. The highest BCUT2D eigenvalue weighted by atomic mass is 16.3. The summed E-state index contributed by atoms with van der Waals surface area (Å²) in [5.41, 5.74) is 0. The molecule has 0 aromatic rings. The Kier molecular flexibility index (Phi) is 6.57. The van der Waals surface area contributed by atoms with Crippen LogP contribution in [0.2, 0.25) is 0 Å². The zero-order valence-electron chi connectivity index (χ0n) is 7.45. The van der Waals surface area contributed by atoms with E-state index in [4.69, 9.17) is 5.11 Å². The topological polar surface area (TPSA) is 54.4 Å². The Morgan fingerprint density at radius 2 is 2.17 bits per heavy atom. The van der Waals surface area contributed by atoms with E-state index < -0.39 is 6.10 Å². The molecule has 3 nitrogen and oxygen atoms in total. The first kappa shape index (κ1) is 11.3. The van der Waals surface area contributed by atoms with Crippen LogP contribution in [-0.4, -0.2) is 23.3 Å². The van der Waals surface area contributed by atoms with Crippen molar-refractivity contribution in [2.24, 2.45) is 0 Å². The van der Waals surface area contributed by atoms with Crippen molar-refractivity contribution in [3.05, 3.63) is 0 Å². The summed E-state index contributed by atoms with van der Waals surface area (Å²) in [6, 6.07) is 0. The molecule has 0 saturated heterocycles. The first-order valence-electron chi connectivity index (χ1n) is 4.30. The Balaban J connectivity index is 3.25. The third-order valence-corrected chi connectivity index (χ3v) is 1.55. The number of aliphatic hydroxyl groups is 1. The van der Waals surface area contributed by atoms with Crippen LogP contribution in [0.1, 0.15) is 39.0 Å². The molecule has 0 spiro atoms. The number of hydrogen-bond donors (Lipinski definition) is 1. The van der Waals surface area contributed by atoms with E-state index in [1.807, 2.05) is 0 Å². The summed E-state index contributed by atoms with van der Waals surface area (Å²) in [4.78, 5) is 20.9. The highest BCUT2D eigenvalue weighted by Gasteiger charge is 2.04. The van der Waals surface area contributed by atoms with E-state index in [0.29, 0.717) is 12.8 Å². The van der Waals surface area contributed by atoms with Crippen molar-refractivity contribution in [2.45, 2.75) is 45.1 Å². The molecule has 0 aliphatic heterocycles. The van der Waals surface area contributed by atoms with Gasteiger partial charge in [-0.3, -0.25) is 4.79 Å². The van der Waals surface area contributed by atoms with Gasteiger partial charge in [-0.05, 0) is 19.8 Å². The molecule has 0 aromatic heterocycles. The van der Waals surface area contributed by atoms with Gasteiger partial charge in [-0.15, -0.1) is 0 Å². The normalized spacial score (nSPS) is 12.5. The third-order valence-electron chi connectivity index (χ3n) is 1.55. The van der Waals surface area contributed by atoms with Gasteiger partial charge in [-0.25, -0.2) is 0 Å². The molecule has 0 bridgehead atoms. The quantitative estimate of drug-likeness (QED) is 0.462. The fourth-order valence-corrected chi connectivity index (χ4v) is 0.981. The zero-order valence-corrected chi connectivity index (χ0v) is 7.45. The number of ketones is 1. The predicted octanol–water partition coefficient (Wildman–Crippen LogP) is 1.09. The molecule has 0 aliphatic rings. The van der Waals surface area contributed by atoms with Crippen LogP contribution in [0.4, 0.5) is 0 Å². The van der Waals surface area contributed by atoms with Crippen molar-refractivity contribution < 1.29 is 14.7 Å². The molecular weight excluding hydrogens is 156 g/mol. The summed E-state index contributed by atoms with van der Waals surface area (Å²) >= 11 is 0. The van der Waals surface area contributed by atoms with Crippen LogP contribution in [0.15, 0.2) is 0 Å². The Bertz CT molecular complexity index is 141. The van der Waals surface area contributed by atoms with Crippen molar-refractivity contribution >= 4 is 12.1 Å². The number of Topliss-reactive ketones (excluding diaryl/α,β-unsaturated/α-hetero) is 1. The zero-order chi connectivity index (χ0) is 9.40. The van der Waals surface area contributed by atoms with E-state index in [2.05, 4.69) is 0 Å². The maximum atomic E-state index is 11.0. The van der Waals surface area contributed by atoms with E-state index in [9.17, 15) is 9.59 Å². The largest absolute Gasteiger partial charge is 0.393 e. The number of aldehydes is 1. The van der Waals surface area contributed by atoms with Crippen LogP contribution in [0.25, 0.3) is 0 Å². The second-order valence-electron chi connectivity index (χ2n) is 3.00. The number of carbonyl (C=O) groups is 2. The molecule has 0 saturated carbocycles. The van der Waals surface area contributed by atoms with Gasteiger partial charge in [0.25, 0.3) is 0 Å². The lowest BCUT2D eigenvalue weighted by molar-refractivity contribution is -0.121. The van der Waals surface area contributed by atoms with Crippen LogP contribution >= 0.6 is 0 Å². The lowest BCUT2D eigenvalue weighted by Crippen LogP contribution is -2.08. The van der Waals surface area contributed by atoms with E-state index in [1.165, 1.54) is 0 Å². The summed E-state index contributed by atoms with van der Waals surface area (Å²) in [5, 5.41) is 8.85. The molecular formula is C9H16O3. The molecule has 0 heterocycles. The fourth-order valence-electron chi connectivity index (χ4n) is 0.981. The molecule has 1 unspecified atom stereocenters. The van der Waals surface area contributed by atoms with Crippen LogP contribution in [0.3, 0.4) is 0 Å². The minimum atomic E-state index is -0.538. The lowest BCUT2D eigenvalue weighted by atomic mass is 10.1. The molecule has 0 amide bonds. The summed E-state index contributed by atoms with van der Waals surface area (Å²) in [6.45, 7) is 1.60. The number of rotatable bonds is 7. The van der Waals surface area contributed by atoms with Crippen molar-refractivity contribution in [3.63, 3.8) is 0 Å². The Hall–Kier alpha value is -0.700. The van der Waals surface area contributed by atoms with Crippen molar-refractivity contribution in [1.29, 1.82) is 0 Å². The maximum absolute atomic E-state index is 11.0. The van der Waals surface area contributed by atoms with Gasteiger partial charge in [-0.1, -0.05) is 0 Å². The fraction of sp³-hybridized carbons (Fsp3) is 0.778. The molecule has 0 rings (SSSR count). The molecule has 1 atom stereocenters. The first-order chi connectivity index (χ1) is 5.66. The van der Waals surface area contributed by atoms with Gasteiger partial charge in [0, 0.05) is 19.3 Å². The lowest BCUT2D eigenvalue weighted by Gasteiger charge is -2.01. The molecule has 70 valence electrons. The smallest absolute Gasteiger partial charge is 0.135 e. The summed E-state index contributed by atoms with van der Waals surface area (Å²) in [7, 11) is 0. The van der Waals surface area contributed by atoms with Crippen LogP contribution < -0.4 is 0 Å². The van der Waals surface area contributed by atoms with E-state index in [1.54, 1.807) is 6.92 Å². The second-order valence-corrected chi connectivity index (χ2v) is 3.00. The third kappa shape index (κ3) is 7.41. The molecule has 12 heavy (non-hydrogen) atoms. The Labute approximate surface area is 72.8 Å². The second kappa shape index (κ2) is 6.98. The van der Waals surface area contributed by atoms with Crippen LogP contribution in [0, 0.1) is 0 Å². The highest BCUT2D eigenvalue weighted by molar-refractivity contribution is 5.78. The summed E-state index contributed by atoms with van der Waals surface area (Å²) < 4.78 is 0. The van der Waals surface area contributed by atoms with E-state index in [-0.39, 0.29) is 12.2 Å². The number of carbonyl (C=O) groups excluding carboxylic acids is 2. The van der Waals surface area contributed by atoms with Crippen LogP contribution in [0.5, 0.6) is 0 Å².